The maximum Gasteiger partial charge on any atom is 0.338 e. The fourth-order valence-corrected chi connectivity index (χ4v) is 2.38. The number of allylic oxidation sites excluding steroid dienone is 1. The van der Waals surface area contributed by atoms with Crippen molar-refractivity contribution in [3.8, 4) is 11.5 Å². The summed E-state index contributed by atoms with van der Waals surface area (Å²) in [6.07, 6.45) is 3.86. The molecule has 2 aromatic rings. The van der Waals surface area contributed by atoms with Gasteiger partial charge in [0.1, 0.15) is 0 Å². The summed E-state index contributed by atoms with van der Waals surface area (Å²) >= 11 is 0. The summed E-state index contributed by atoms with van der Waals surface area (Å²) in [6, 6.07) is 12.0. The minimum atomic E-state index is -0.434. The quantitative estimate of drug-likeness (QED) is 0.714. The number of ether oxygens (including phenoxy) is 3. The summed E-state index contributed by atoms with van der Waals surface area (Å²) in [5, 5.41) is 2.70. The van der Waals surface area contributed by atoms with Gasteiger partial charge in [-0.15, -0.1) is 0 Å². The summed E-state index contributed by atoms with van der Waals surface area (Å²) in [4.78, 5) is 23.9. The third kappa shape index (κ3) is 5.88. The van der Waals surface area contributed by atoms with Crippen LogP contribution in [-0.2, 0) is 9.53 Å². The molecule has 0 bridgehead atoms. The Hall–Kier alpha value is -3.28. The lowest BCUT2D eigenvalue weighted by Gasteiger charge is -2.12. The molecule has 0 heterocycles. The van der Waals surface area contributed by atoms with Crippen LogP contribution in [-0.4, -0.2) is 32.2 Å². The fourth-order valence-electron chi connectivity index (χ4n) is 2.38. The Morgan fingerprint density at radius 3 is 2.63 bits per heavy atom. The molecule has 0 aromatic heterocycles. The molecular weight excluding hydrogens is 346 g/mol. The number of carbonyl (C=O) groups is 2. The van der Waals surface area contributed by atoms with E-state index in [-0.39, 0.29) is 19.1 Å². The van der Waals surface area contributed by atoms with Crippen molar-refractivity contribution in [2.75, 3.05) is 25.6 Å². The summed E-state index contributed by atoms with van der Waals surface area (Å²) in [5.74, 6) is 0.232. The van der Waals surface area contributed by atoms with E-state index >= 15 is 0 Å². The van der Waals surface area contributed by atoms with Gasteiger partial charge in [0.05, 0.1) is 19.3 Å². The minimum absolute atomic E-state index is 0.192. The van der Waals surface area contributed by atoms with Crippen molar-refractivity contribution in [3.63, 3.8) is 0 Å². The number of anilines is 1. The lowest BCUT2D eigenvalue weighted by Crippen LogP contribution is -2.20. The first-order valence-electron chi connectivity index (χ1n) is 8.58. The zero-order valence-corrected chi connectivity index (χ0v) is 15.7. The lowest BCUT2D eigenvalue weighted by molar-refractivity contribution is -0.118. The molecule has 142 valence electrons. The molecule has 1 N–H and O–H groups in total. The van der Waals surface area contributed by atoms with E-state index in [0.717, 1.165) is 5.56 Å². The Kier molecular flexibility index (Phi) is 7.43. The van der Waals surface area contributed by atoms with E-state index in [1.807, 2.05) is 31.2 Å². The number of methoxy groups -OCH3 is 1. The first-order chi connectivity index (χ1) is 13.1. The number of esters is 1. The average Bonchev–Trinajstić information content (AvgIpc) is 2.67. The molecule has 2 aromatic carbocycles. The Balaban J connectivity index is 1.99. The van der Waals surface area contributed by atoms with Gasteiger partial charge < -0.3 is 19.5 Å². The van der Waals surface area contributed by atoms with Gasteiger partial charge >= 0.3 is 5.97 Å². The largest absolute Gasteiger partial charge is 0.493 e. The predicted octanol–water partition coefficient (Wildman–Crippen LogP) is 3.92. The molecule has 6 heteroatoms. The van der Waals surface area contributed by atoms with Crippen LogP contribution in [0.15, 0.2) is 48.5 Å². The van der Waals surface area contributed by atoms with Crippen LogP contribution < -0.4 is 14.8 Å². The van der Waals surface area contributed by atoms with E-state index in [2.05, 4.69) is 5.32 Å². The lowest BCUT2D eigenvalue weighted by atomic mass is 10.2. The summed E-state index contributed by atoms with van der Waals surface area (Å²) in [6.45, 7) is 3.76. The van der Waals surface area contributed by atoms with E-state index in [0.29, 0.717) is 22.7 Å². The van der Waals surface area contributed by atoms with Crippen LogP contribution in [0.2, 0.25) is 0 Å². The van der Waals surface area contributed by atoms with Crippen molar-refractivity contribution in [1.82, 2.24) is 0 Å². The second kappa shape index (κ2) is 10.0. The number of nitrogens with one attached hydrogen (secondary N) is 1. The Morgan fingerprint density at radius 1 is 1.11 bits per heavy atom. The van der Waals surface area contributed by atoms with E-state index in [4.69, 9.17) is 14.2 Å². The van der Waals surface area contributed by atoms with E-state index in [1.54, 1.807) is 44.4 Å². The SMILES string of the molecule is C/C=C/c1ccc(OCC(=O)Nc2cccc(C(=O)OCC)c2)c(OC)c1. The molecule has 0 radical (unpaired) electrons. The Bertz CT molecular complexity index is 829. The van der Waals surface area contributed by atoms with Crippen LogP contribution in [0, 0.1) is 0 Å². The van der Waals surface area contributed by atoms with Gasteiger partial charge in [-0.1, -0.05) is 24.3 Å². The predicted molar refractivity (Wildman–Crippen MR) is 104 cm³/mol. The van der Waals surface area contributed by atoms with Crippen molar-refractivity contribution in [1.29, 1.82) is 0 Å². The molecular formula is C21H23NO5. The van der Waals surface area contributed by atoms with Crippen molar-refractivity contribution >= 4 is 23.6 Å². The average molecular weight is 369 g/mol. The van der Waals surface area contributed by atoms with Crippen LogP contribution in [0.3, 0.4) is 0 Å². The molecule has 0 aliphatic heterocycles. The molecule has 0 fully saturated rings. The molecule has 0 saturated heterocycles. The smallest absolute Gasteiger partial charge is 0.338 e. The topological polar surface area (TPSA) is 73.9 Å². The first-order valence-corrected chi connectivity index (χ1v) is 8.58. The third-order valence-electron chi connectivity index (χ3n) is 3.56. The van der Waals surface area contributed by atoms with E-state index in [1.165, 1.54) is 0 Å². The van der Waals surface area contributed by atoms with Crippen molar-refractivity contribution < 1.29 is 23.8 Å². The van der Waals surface area contributed by atoms with Crippen LogP contribution in [0.25, 0.3) is 6.08 Å². The zero-order chi connectivity index (χ0) is 19.6. The van der Waals surface area contributed by atoms with Gasteiger partial charge in [-0.2, -0.15) is 0 Å². The number of hydrogen-bond acceptors (Lipinski definition) is 5. The fraction of sp³-hybridized carbons (Fsp3) is 0.238. The van der Waals surface area contributed by atoms with Crippen molar-refractivity contribution in [2.45, 2.75) is 13.8 Å². The molecule has 27 heavy (non-hydrogen) atoms. The van der Waals surface area contributed by atoms with E-state index < -0.39 is 5.97 Å². The Morgan fingerprint density at radius 2 is 1.93 bits per heavy atom. The molecule has 0 unspecified atom stereocenters. The summed E-state index contributed by atoms with van der Waals surface area (Å²) < 4.78 is 15.8. The van der Waals surface area contributed by atoms with E-state index in [9.17, 15) is 9.59 Å². The number of rotatable bonds is 8. The second-order valence-corrected chi connectivity index (χ2v) is 5.55. The highest BCUT2D eigenvalue weighted by Gasteiger charge is 2.11. The maximum absolute atomic E-state index is 12.2. The molecule has 2 rings (SSSR count). The molecule has 1 amide bonds. The monoisotopic (exact) mass is 369 g/mol. The van der Waals surface area contributed by atoms with Gasteiger partial charge in [0, 0.05) is 5.69 Å². The highest BCUT2D eigenvalue weighted by molar-refractivity contribution is 5.95. The van der Waals surface area contributed by atoms with Crippen LogP contribution in [0.4, 0.5) is 5.69 Å². The molecule has 0 spiro atoms. The van der Waals surface area contributed by atoms with Gasteiger partial charge in [-0.3, -0.25) is 4.79 Å². The Labute approximate surface area is 158 Å². The van der Waals surface area contributed by atoms with Crippen LogP contribution in [0.5, 0.6) is 11.5 Å². The van der Waals surface area contributed by atoms with Gasteiger partial charge in [-0.25, -0.2) is 4.79 Å². The molecule has 0 aliphatic rings. The number of amides is 1. The second-order valence-electron chi connectivity index (χ2n) is 5.55. The molecule has 6 nitrogen and oxygen atoms in total. The zero-order valence-electron chi connectivity index (χ0n) is 15.7. The normalized spacial score (nSPS) is 10.5. The van der Waals surface area contributed by atoms with Gasteiger partial charge in [0.15, 0.2) is 18.1 Å². The highest BCUT2D eigenvalue weighted by atomic mass is 16.5. The van der Waals surface area contributed by atoms with Crippen LogP contribution >= 0.6 is 0 Å². The van der Waals surface area contributed by atoms with Gasteiger partial charge in [0.2, 0.25) is 0 Å². The number of benzene rings is 2. The molecule has 0 saturated carbocycles. The standard InChI is InChI=1S/C21H23NO5/c1-4-7-15-10-11-18(19(12-15)25-3)27-14-20(23)22-17-9-6-8-16(13-17)21(24)26-5-2/h4,6-13H,5,14H2,1-3H3,(H,22,23)/b7-4+. The summed E-state index contributed by atoms with van der Waals surface area (Å²) in [5.41, 5.74) is 1.84. The molecule has 0 atom stereocenters. The van der Waals surface area contributed by atoms with Crippen LogP contribution in [0.1, 0.15) is 29.8 Å². The van der Waals surface area contributed by atoms with Gasteiger partial charge in [-0.05, 0) is 49.7 Å². The maximum atomic E-state index is 12.2. The van der Waals surface area contributed by atoms with Crippen molar-refractivity contribution in [3.05, 3.63) is 59.7 Å². The number of carbonyl (C=O) groups excluding carboxylic acids is 2. The first kappa shape index (κ1) is 20.0. The summed E-state index contributed by atoms with van der Waals surface area (Å²) in [7, 11) is 1.54. The highest BCUT2D eigenvalue weighted by Crippen LogP contribution is 2.28. The molecule has 0 aliphatic carbocycles. The third-order valence-corrected chi connectivity index (χ3v) is 3.56. The number of hydrogen-bond donors (Lipinski definition) is 1. The van der Waals surface area contributed by atoms with Crippen molar-refractivity contribution in [2.24, 2.45) is 0 Å². The van der Waals surface area contributed by atoms with Gasteiger partial charge in [0.25, 0.3) is 5.91 Å². The minimum Gasteiger partial charge on any atom is -0.493 e.